The molecule has 1 aromatic heterocycles. The normalized spacial score (nSPS) is 24.6. The molecule has 0 bridgehead atoms. The van der Waals surface area contributed by atoms with Crippen molar-refractivity contribution in [2.45, 2.75) is 64.4 Å². The first-order chi connectivity index (χ1) is 17.2. The number of ether oxygens (including phenoxy) is 4. The summed E-state index contributed by atoms with van der Waals surface area (Å²) in [4.78, 5) is 14.6. The molecule has 2 aliphatic heterocycles. The molecule has 35 heavy (non-hydrogen) atoms. The molecule has 3 heterocycles. The van der Waals surface area contributed by atoms with E-state index in [1.807, 2.05) is 25.1 Å². The SMILES string of the molecule is CC1CC(C(=O)OCN2CCC(COc3noc4cccc(OCC5CCCC5)c34)CC2)CCO1. The van der Waals surface area contributed by atoms with Gasteiger partial charge in [-0.05, 0) is 74.6 Å². The second-order valence-corrected chi connectivity index (χ2v) is 10.4. The lowest BCUT2D eigenvalue weighted by Gasteiger charge is -2.32. The van der Waals surface area contributed by atoms with Crippen molar-refractivity contribution < 1.29 is 28.3 Å². The van der Waals surface area contributed by atoms with Gasteiger partial charge in [0.15, 0.2) is 5.58 Å². The number of carbonyl (C=O) groups is 1. The number of hydrogen-bond donors (Lipinski definition) is 0. The van der Waals surface area contributed by atoms with Gasteiger partial charge in [0.25, 0.3) is 5.88 Å². The average Bonchev–Trinajstić information content (AvgIpc) is 3.56. The predicted octanol–water partition coefficient (Wildman–Crippen LogP) is 4.80. The van der Waals surface area contributed by atoms with E-state index in [2.05, 4.69) is 10.1 Å². The first-order valence-corrected chi connectivity index (χ1v) is 13.3. The van der Waals surface area contributed by atoms with E-state index >= 15 is 0 Å². The molecule has 2 aromatic rings. The molecule has 0 amide bonds. The zero-order valence-electron chi connectivity index (χ0n) is 20.8. The van der Waals surface area contributed by atoms with Crippen LogP contribution in [-0.2, 0) is 14.3 Å². The second kappa shape index (κ2) is 11.6. The molecule has 192 valence electrons. The van der Waals surface area contributed by atoms with Gasteiger partial charge in [0, 0.05) is 19.7 Å². The molecule has 2 unspecified atom stereocenters. The van der Waals surface area contributed by atoms with E-state index in [9.17, 15) is 4.79 Å². The molecule has 2 saturated heterocycles. The Morgan fingerprint density at radius 2 is 1.83 bits per heavy atom. The number of piperidine rings is 1. The highest BCUT2D eigenvalue weighted by Crippen LogP contribution is 2.35. The maximum Gasteiger partial charge on any atom is 0.310 e. The number of likely N-dealkylation sites (tertiary alicyclic amines) is 1. The van der Waals surface area contributed by atoms with Crippen molar-refractivity contribution in [1.82, 2.24) is 10.1 Å². The van der Waals surface area contributed by atoms with Crippen LogP contribution in [0.4, 0.5) is 0 Å². The Balaban J connectivity index is 1.07. The summed E-state index contributed by atoms with van der Waals surface area (Å²) in [6.45, 7) is 6.13. The molecule has 1 saturated carbocycles. The first-order valence-electron chi connectivity index (χ1n) is 13.3. The van der Waals surface area contributed by atoms with Gasteiger partial charge in [0.05, 0.1) is 25.2 Å². The standard InChI is InChI=1S/C27H38N2O6/c1-19-15-22(11-14-31-19)27(30)34-18-29-12-9-21(10-13-29)17-33-26-25-23(7-4-8-24(25)35-28-26)32-16-20-5-2-3-6-20/h4,7-8,19-22H,2-3,5-6,9-18H2,1H3. The molecular weight excluding hydrogens is 448 g/mol. The fourth-order valence-electron chi connectivity index (χ4n) is 5.50. The third-order valence-electron chi connectivity index (χ3n) is 7.75. The van der Waals surface area contributed by atoms with Gasteiger partial charge in [-0.25, -0.2) is 0 Å². The van der Waals surface area contributed by atoms with Crippen molar-refractivity contribution in [3.05, 3.63) is 18.2 Å². The van der Waals surface area contributed by atoms with Gasteiger partial charge in [-0.2, -0.15) is 0 Å². The van der Waals surface area contributed by atoms with Gasteiger partial charge in [-0.15, -0.1) is 0 Å². The van der Waals surface area contributed by atoms with Crippen LogP contribution in [0.15, 0.2) is 22.7 Å². The summed E-state index contributed by atoms with van der Waals surface area (Å²) in [5, 5.41) is 5.01. The molecule has 8 nitrogen and oxygen atoms in total. The van der Waals surface area contributed by atoms with Crippen LogP contribution in [-0.4, -0.2) is 61.8 Å². The van der Waals surface area contributed by atoms with E-state index < -0.39 is 0 Å². The van der Waals surface area contributed by atoms with Gasteiger partial charge >= 0.3 is 5.97 Å². The van der Waals surface area contributed by atoms with Gasteiger partial charge < -0.3 is 23.5 Å². The molecule has 5 rings (SSSR count). The number of aromatic nitrogens is 1. The Labute approximate surface area is 207 Å². The van der Waals surface area contributed by atoms with Crippen LogP contribution in [0.1, 0.15) is 58.3 Å². The van der Waals surface area contributed by atoms with Gasteiger partial charge in [-0.3, -0.25) is 9.69 Å². The van der Waals surface area contributed by atoms with Gasteiger partial charge in [-0.1, -0.05) is 18.9 Å². The summed E-state index contributed by atoms with van der Waals surface area (Å²) in [5.74, 6) is 2.25. The van der Waals surface area contributed by atoms with E-state index in [1.165, 1.54) is 25.7 Å². The minimum atomic E-state index is -0.0885. The third kappa shape index (κ3) is 6.28. The quantitative estimate of drug-likeness (QED) is 0.467. The van der Waals surface area contributed by atoms with Crippen LogP contribution >= 0.6 is 0 Å². The molecular formula is C27H38N2O6. The summed E-state index contributed by atoms with van der Waals surface area (Å²) in [5.41, 5.74) is 0.694. The summed E-state index contributed by atoms with van der Waals surface area (Å²) in [7, 11) is 0. The van der Waals surface area contributed by atoms with Crippen LogP contribution in [0, 0.1) is 17.8 Å². The summed E-state index contributed by atoms with van der Waals surface area (Å²) in [6.07, 6.45) is 8.72. The fraction of sp³-hybridized carbons (Fsp3) is 0.704. The molecule has 1 aliphatic carbocycles. The highest BCUT2D eigenvalue weighted by atomic mass is 16.5. The Morgan fingerprint density at radius 1 is 1.06 bits per heavy atom. The third-order valence-corrected chi connectivity index (χ3v) is 7.75. The Hall–Kier alpha value is -2.32. The molecule has 8 heteroatoms. The number of benzene rings is 1. The maximum atomic E-state index is 12.4. The molecule has 3 fully saturated rings. The van der Waals surface area contributed by atoms with Crippen LogP contribution < -0.4 is 9.47 Å². The number of carbonyl (C=O) groups excluding carboxylic acids is 1. The number of nitrogens with zero attached hydrogens (tertiary/aromatic N) is 2. The van der Waals surface area contributed by atoms with Gasteiger partial charge in [0.1, 0.15) is 17.9 Å². The summed E-state index contributed by atoms with van der Waals surface area (Å²) in [6, 6.07) is 5.81. The number of esters is 1. The minimum Gasteiger partial charge on any atom is -0.492 e. The zero-order chi connectivity index (χ0) is 24.0. The van der Waals surface area contributed by atoms with Crippen molar-refractivity contribution in [3.8, 4) is 11.6 Å². The van der Waals surface area contributed by atoms with Crippen molar-refractivity contribution in [1.29, 1.82) is 0 Å². The van der Waals surface area contributed by atoms with Crippen LogP contribution in [0.3, 0.4) is 0 Å². The van der Waals surface area contributed by atoms with Crippen LogP contribution in [0.2, 0.25) is 0 Å². The second-order valence-electron chi connectivity index (χ2n) is 10.4. The number of fused-ring (bicyclic) bond motifs is 1. The van der Waals surface area contributed by atoms with Crippen molar-refractivity contribution in [2.75, 3.05) is 39.6 Å². The Morgan fingerprint density at radius 3 is 2.63 bits per heavy atom. The molecule has 0 radical (unpaired) electrons. The molecule has 3 aliphatic rings. The first kappa shape index (κ1) is 24.4. The lowest BCUT2D eigenvalue weighted by atomic mass is 9.96. The van der Waals surface area contributed by atoms with Crippen molar-refractivity contribution in [3.63, 3.8) is 0 Å². The number of hydrogen-bond acceptors (Lipinski definition) is 8. The molecule has 2 atom stereocenters. The molecule has 0 N–H and O–H groups in total. The van der Waals surface area contributed by atoms with Crippen molar-refractivity contribution in [2.24, 2.45) is 17.8 Å². The topological polar surface area (TPSA) is 83.3 Å². The monoisotopic (exact) mass is 486 g/mol. The van der Waals surface area contributed by atoms with Crippen LogP contribution in [0.5, 0.6) is 11.6 Å². The van der Waals surface area contributed by atoms with E-state index in [0.717, 1.165) is 56.5 Å². The highest BCUT2D eigenvalue weighted by Gasteiger charge is 2.28. The largest absolute Gasteiger partial charge is 0.492 e. The molecule has 0 spiro atoms. The lowest BCUT2D eigenvalue weighted by Crippen LogP contribution is -2.39. The smallest absolute Gasteiger partial charge is 0.310 e. The summed E-state index contributed by atoms with van der Waals surface area (Å²) >= 11 is 0. The van der Waals surface area contributed by atoms with Crippen LogP contribution in [0.25, 0.3) is 11.0 Å². The minimum absolute atomic E-state index is 0.0333. The van der Waals surface area contributed by atoms with E-state index in [4.69, 9.17) is 23.5 Å². The maximum absolute atomic E-state index is 12.4. The van der Waals surface area contributed by atoms with E-state index in [0.29, 0.717) is 43.2 Å². The lowest BCUT2D eigenvalue weighted by molar-refractivity contribution is -0.159. The Kier molecular flexibility index (Phi) is 8.09. The summed E-state index contributed by atoms with van der Waals surface area (Å²) < 4.78 is 29.0. The van der Waals surface area contributed by atoms with E-state index in [1.54, 1.807) is 0 Å². The predicted molar refractivity (Wildman–Crippen MR) is 130 cm³/mol. The zero-order valence-corrected chi connectivity index (χ0v) is 20.8. The Bertz CT molecular complexity index is 964. The number of rotatable bonds is 9. The average molecular weight is 487 g/mol. The van der Waals surface area contributed by atoms with E-state index in [-0.39, 0.29) is 18.0 Å². The fourth-order valence-corrected chi connectivity index (χ4v) is 5.50. The molecule has 1 aromatic carbocycles. The highest BCUT2D eigenvalue weighted by molar-refractivity contribution is 5.88. The van der Waals surface area contributed by atoms with Crippen molar-refractivity contribution >= 4 is 16.9 Å². The van der Waals surface area contributed by atoms with Gasteiger partial charge in [0.2, 0.25) is 0 Å².